The van der Waals surface area contributed by atoms with E-state index in [4.69, 9.17) is 9.47 Å². The van der Waals surface area contributed by atoms with Crippen molar-refractivity contribution >= 4 is 11.9 Å². The van der Waals surface area contributed by atoms with Crippen LogP contribution in [0.25, 0.3) is 0 Å². The van der Waals surface area contributed by atoms with Crippen molar-refractivity contribution in [3.8, 4) is 0 Å². The topological polar surface area (TPSA) is 52.6 Å². The molecule has 2 rings (SSSR count). The quantitative estimate of drug-likeness (QED) is 0.620. The highest BCUT2D eigenvalue weighted by Gasteiger charge is 2.01. The molecule has 4 nitrogen and oxygen atoms in total. The van der Waals surface area contributed by atoms with E-state index in [1.807, 2.05) is 74.5 Å². The monoisotopic (exact) mass is 356 g/mol. The molecular weight excluding hydrogens is 328 g/mol. The van der Waals surface area contributed by atoms with Gasteiger partial charge in [-0.1, -0.05) is 74.5 Å². The van der Waals surface area contributed by atoms with Crippen LogP contribution in [0.3, 0.4) is 0 Å². The van der Waals surface area contributed by atoms with Crippen LogP contribution in [-0.4, -0.2) is 11.9 Å². The molecule has 0 aliphatic rings. The van der Waals surface area contributed by atoms with Crippen molar-refractivity contribution in [1.82, 2.24) is 0 Å². The highest BCUT2D eigenvalue weighted by atomic mass is 16.5. The third kappa shape index (κ3) is 10.3. The second kappa shape index (κ2) is 13.6. The van der Waals surface area contributed by atoms with Gasteiger partial charge in [-0.05, 0) is 24.0 Å². The predicted molar refractivity (Wildman–Crippen MR) is 102 cm³/mol. The molecule has 0 aliphatic heterocycles. The molecule has 0 N–H and O–H groups in total. The van der Waals surface area contributed by atoms with E-state index in [2.05, 4.69) is 0 Å². The van der Waals surface area contributed by atoms with Crippen LogP contribution in [0, 0.1) is 0 Å². The van der Waals surface area contributed by atoms with E-state index in [1.165, 1.54) is 0 Å². The van der Waals surface area contributed by atoms with Crippen molar-refractivity contribution < 1.29 is 19.1 Å². The maximum absolute atomic E-state index is 11.0. The smallest absolute Gasteiger partial charge is 0.306 e. The zero-order valence-electron chi connectivity index (χ0n) is 15.6. The Labute approximate surface area is 156 Å². The van der Waals surface area contributed by atoms with Crippen LogP contribution in [0.4, 0.5) is 0 Å². The van der Waals surface area contributed by atoms with E-state index in [1.54, 1.807) is 0 Å². The van der Waals surface area contributed by atoms with Crippen molar-refractivity contribution in [2.24, 2.45) is 0 Å². The van der Waals surface area contributed by atoms with E-state index in [9.17, 15) is 9.59 Å². The standard InChI is InChI=1S/2C11H14O2/c2*1-2-6-11(12)13-9-10-7-4-3-5-8-10/h2*3-5,7-8H,2,6,9H2,1H3. The number of rotatable bonds is 8. The van der Waals surface area contributed by atoms with Gasteiger partial charge in [0.05, 0.1) is 0 Å². The van der Waals surface area contributed by atoms with E-state index in [0.717, 1.165) is 24.0 Å². The first kappa shape index (κ1) is 21.4. The second-order valence-corrected chi connectivity index (χ2v) is 5.79. The van der Waals surface area contributed by atoms with Crippen LogP contribution in [0.2, 0.25) is 0 Å². The Hall–Kier alpha value is -2.62. The summed E-state index contributed by atoms with van der Waals surface area (Å²) < 4.78 is 10.1. The van der Waals surface area contributed by atoms with Crippen molar-refractivity contribution in [3.05, 3.63) is 71.8 Å². The van der Waals surface area contributed by atoms with Gasteiger partial charge in [0.15, 0.2) is 0 Å². The molecule has 0 atom stereocenters. The van der Waals surface area contributed by atoms with E-state index >= 15 is 0 Å². The number of hydrogen-bond donors (Lipinski definition) is 0. The van der Waals surface area contributed by atoms with E-state index < -0.39 is 0 Å². The van der Waals surface area contributed by atoms with Crippen LogP contribution in [0.15, 0.2) is 60.7 Å². The van der Waals surface area contributed by atoms with Crippen LogP contribution in [0.1, 0.15) is 50.7 Å². The van der Waals surface area contributed by atoms with Gasteiger partial charge < -0.3 is 9.47 Å². The molecule has 0 amide bonds. The maximum atomic E-state index is 11.0. The Morgan fingerprint density at radius 2 is 1.00 bits per heavy atom. The van der Waals surface area contributed by atoms with Gasteiger partial charge in [-0.3, -0.25) is 9.59 Å². The summed E-state index contributed by atoms with van der Waals surface area (Å²) >= 11 is 0. The zero-order chi connectivity index (χ0) is 19.0. The van der Waals surface area contributed by atoms with Gasteiger partial charge in [-0.2, -0.15) is 0 Å². The molecule has 4 heteroatoms. The lowest BCUT2D eigenvalue weighted by atomic mass is 10.2. The fraction of sp³-hybridized carbons (Fsp3) is 0.364. The van der Waals surface area contributed by atoms with Crippen molar-refractivity contribution in [2.75, 3.05) is 0 Å². The molecule has 0 aromatic heterocycles. The average Bonchev–Trinajstić information content (AvgIpc) is 2.67. The summed E-state index contributed by atoms with van der Waals surface area (Å²) in [6.07, 6.45) is 2.70. The van der Waals surface area contributed by atoms with Crippen molar-refractivity contribution in [2.45, 2.75) is 52.7 Å². The number of esters is 2. The molecule has 0 fully saturated rings. The lowest BCUT2D eigenvalue weighted by Gasteiger charge is -2.02. The summed E-state index contributed by atoms with van der Waals surface area (Å²) in [4.78, 5) is 22.0. The van der Waals surface area contributed by atoms with E-state index in [-0.39, 0.29) is 11.9 Å². The lowest BCUT2D eigenvalue weighted by molar-refractivity contribution is -0.145. The molecule has 0 saturated carbocycles. The molecule has 26 heavy (non-hydrogen) atoms. The Kier molecular flexibility index (Phi) is 11.2. The summed E-state index contributed by atoms with van der Waals surface area (Å²) in [6.45, 7) is 4.70. The third-order valence-corrected chi connectivity index (χ3v) is 3.39. The minimum Gasteiger partial charge on any atom is -0.461 e. The minimum absolute atomic E-state index is 0.119. The van der Waals surface area contributed by atoms with Crippen LogP contribution in [0.5, 0.6) is 0 Å². The van der Waals surface area contributed by atoms with Crippen molar-refractivity contribution in [1.29, 1.82) is 0 Å². The molecule has 0 aliphatic carbocycles. The van der Waals surface area contributed by atoms with Crippen LogP contribution < -0.4 is 0 Å². The normalized spacial score (nSPS) is 9.62. The van der Waals surface area contributed by atoms with Gasteiger partial charge in [0.1, 0.15) is 13.2 Å². The molecule has 2 aromatic rings. The number of carbonyl (C=O) groups is 2. The summed E-state index contributed by atoms with van der Waals surface area (Å²) in [6, 6.07) is 19.4. The third-order valence-electron chi connectivity index (χ3n) is 3.39. The molecule has 0 spiro atoms. The van der Waals surface area contributed by atoms with E-state index in [0.29, 0.717) is 26.1 Å². The summed E-state index contributed by atoms with van der Waals surface area (Å²) in [5.41, 5.74) is 2.07. The Morgan fingerprint density at radius 1 is 0.654 bits per heavy atom. The number of hydrogen-bond acceptors (Lipinski definition) is 4. The largest absolute Gasteiger partial charge is 0.461 e. The number of benzene rings is 2. The molecule has 0 saturated heterocycles. The van der Waals surface area contributed by atoms with Gasteiger partial charge in [0.2, 0.25) is 0 Å². The number of ether oxygens (including phenoxy) is 2. The molecule has 0 heterocycles. The molecule has 2 aromatic carbocycles. The lowest BCUT2D eigenvalue weighted by Crippen LogP contribution is -2.03. The summed E-state index contributed by atoms with van der Waals surface area (Å²) in [7, 11) is 0. The van der Waals surface area contributed by atoms with Gasteiger partial charge in [0, 0.05) is 12.8 Å². The molecule has 0 unspecified atom stereocenters. The fourth-order valence-electron chi connectivity index (χ4n) is 2.03. The Balaban J connectivity index is 0.000000260. The molecule has 140 valence electrons. The van der Waals surface area contributed by atoms with Gasteiger partial charge >= 0.3 is 11.9 Å². The van der Waals surface area contributed by atoms with Crippen LogP contribution >= 0.6 is 0 Å². The van der Waals surface area contributed by atoms with Gasteiger partial charge in [-0.15, -0.1) is 0 Å². The summed E-state index contributed by atoms with van der Waals surface area (Å²) in [5, 5.41) is 0. The maximum Gasteiger partial charge on any atom is 0.306 e. The van der Waals surface area contributed by atoms with Gasteiger partial charge in [-0.25, -0.2) is 0 Å². The summed E-state index contributed by atoms with van der Waals surface area (Å²) in [5.74, 6) is -0.238. The van der Waals surface area contributed by atoms with Crippen molar-refractivity contribution in [3.63, 3.8) is 0 Å². The number of carbonyl (C=O) groups excluding carboxylic acids is 2. The average molecular weight is 356 g/mol. The Bertz CT molecular complexity index is 566. The zero-order valence-corrected chi connectivity index (χ0v) is 15.6. The Morgan fingerprint density at radius 3 is 1.31 bits per heavy atom. The predicted octanol–water partition coefficient (Wildman–Crippen LogP) is 5.06. The van der Waals surface area contributed by atoms with Gasteiger partial charge in [0.25, 0.3) is 0 Å². The molecule has 0 bridgehead atoms. The van der Waals surface area contributed by atoms with Crippen LogP contribution in [-0.2, 0) is 32.3 Å². The SMILES string of the molecule is CCCC(=O)OCc1ccccc1.CCCC(=O)OCc1ccccc1. The highest BCUT2D eigenvalue weighted by Crippen LogP contribution is 2.03. The fourth-order valence-corrected chi connectivity index (χ4v) is 2.03. The molecular formula is C22H28O4. The second-order valence-electron chi connectivity index (χ2n) is 5.79. The first-order valence-corrected chi connectivity index (χ1v) is 9.04. The first-order chi connectivity index (χ1) is 12.7. The molecule has 0 radical (unpaired) electrons. The minimum atomic E-state index is -0.119. The highest BCUT2D eigenvalue weighted by molar-refractivity contribution is 5.69. The first-order valence-electron chi connectivity index (χ1n) is 9.04.